The third kappa shape index (κ3) is 6.76. The van der Waals surface area contributed by atoms with E-state index < -0.39 is 41.3 Å². The molecule has 54 heavy (non-hydrogen) atoms. The SMILES string of the molecule is COc1cccc(OC)c1C(=O)P(=O)(CC(C(=O)c1c(C)cccc1C)(C(=O)c1c(C)cccc1C)c1ccccc1)C(=O)c1c(OC)cccc1OC. The molecule has 5 rings (SSSR count). The maximum absolute atomic E-state index is 16.5. The molecule has 0 heterocycles. The monoisotopic (exact) mass is 746 g/mol. The first kappa shape index (κ1) is 39.4. The Labute approximate surface area is 315 Å². The Morgan fingerprint density at radius 2 is 0.778 bits per heavy atom. The molecule has 5 aromatic rings. The van der Waals surface area contributed by atoms with Gasteiger partial charge < -0.3 is 23.5 Å². The van der Waals surface area contributed by atoms with Crippen molar-refractivity contribution in [3.05, 3.63) is 153 Å². The molecule has 0 fully saturated rings. The Bertz CT molecular complexity index is 2090. The number of Topliss-reactive ketones (excluding diaryl/α,β-unsaturated/α-hetero) is 2. The van der Waals surface area contributed by atoms with Gasteiger partial charge in [0.05, 0.1) is 28.4 Å². The maximum Gasteiger partial charge on any atom is 0.236 e. The van der Waals surface area contributed by atoms with Crippen molar-refractivity contribution in [2.24, 2.45) is 0 Å². The molecule has 0 spiro atoms. The van der Waals surface area contributed by atoms with Crippen LogP contribution in [0.3, 0.4) is 0 Å². The van der Waals surface area contributed by atoms with Crippen LogP contribution in [0.1, 0.15) is 69.2 Å². The van der Waals surface area contributed by atoms with Crippen molar-refractivity contribution < 1.29 is 42.7 Å². The molecule has 0 aliphatic carbocycles. The summed E-state index contributed by atoms with van der Waals surface area (Å²) in [5, 5.41) is 0. The number of ether oxygens (including phenoxy) is 4. The van der Waals surface area contributed by atoms with Gasteiger partial charge in [-0.1, -0.05) is 78.9 Å². The molecular weight excluding hydrogens is 703 g/mol. The molecule has 278 valence electrons. The van der Waals surface area contributed by atoms with E-state index in [0.717, 1.165) is 0 Å². The number of hydrogen-bond acceptors (Lipinski definition) is 9. The molecule has 0 aliphatic rings. The number of ketones is 2. The van der Waals surface area contributed by atoms with E-state index in [1.54, 1.807) is 107 Å². The van der Waals surface area contributed by atoms with E-state index >= 15 is 23.7 Å². The van der Waals surface area contributed by atoms with Gasteiger partial charge in [-0.25, -0.2) is 0 Å². The standard InChI is InChI=1S/C44H43O9P/c1-27-16-12-17-28(2)36(27)40(45)44(31-20-10-9-11-21-31,41(46)37-29(3)18-13-19-30(37)4)26-54(49,42(47)38-32(50-5)22-14-23-33(38)51-6)43(48)39-34(52-7)24-15-25-35(39)53-8/h9-25H,26H2,1-8H3. The normalized spacial score (nSPS) is 11.4. The predicted octanol–water partition coefficient (Wildman–Crippen LogP) is 9.00. The molecule has 0 unspecified atom stereocenters. The van der Waals surface area contributed by atoms with Crippen molar-refractivity contribution in [1.29, 1.82) is 0 Å². The lowest BCUT2D eigenvalue weighted by atomic mass is 9.68. The van der Waals surface area contributed by atoms with Crippen LogP contribution in [0.25, 0.3) is 0 Å². The Morgan fingerprint density at radius 1 is 0.463 bits per heavy atom. The van der Waals surface area contributed by atoms with Gasteiger partial charge in [-0.2, -0.15) is 0 Å². The minimum absolute atomic E-state index is 0.0215. The van der Waals surface area contributed by atoms with Crippen molar-refractivity contribution in [2.45, 2.75) is 33.1 Å². The Balaban J connectivity index is 2.00. The van der Waals surface area contributed by atoms with Crippen LogP contribution in [0, 0.1) is 27.7 Å². The fraction of sp³-hybridized carbons (Fsp3) is 0.227. The maximum atomic E-state index is 16.5. The van der Waals surface area contributed by atoms with E-state index in [1.807, 2.05) is 0 Å². The van der Waals surface area contributed by atoms with Gasteiger partial charge in [0.1, 0.15) is 39.5 Å². The second-order valence-corrected chi connectivity index (χ2v) is 15.7. The highest BCUT2D eigenvalue weighted by Crippen LogP contribution is 2.61. The summed E-state index contributed by atoms with van der Waals surface area (Å²) in [6.07, 6.45) is -1.02. The largest absolute Gasteiger partial charge is 0.496 e. The van der Waals surface area contributed by atoms with Crippen molar-refractivity contribution in [3.8, 4) is 23.0 Å². The zero-order chi connectivity index (χ0) is 39.4. The summed E-state index contributed by atoms with van der Waals surface area (Å²) in [4.78, 5) is 62.3. The van der Waals surface area contributed by atoms with Gasteiger partial charge in [-0.15, -0.1) is 0 Å². The summed E-state index contributed by atoms with van der Waals surface area (Å²) < 4.78 is 38.8. The molecule has 0 radical (unpaired) electrons. The first-order valence-corrected chi connectivity index (χ1v) is 19.1. The minimum Gasteiger partial charge on any atom is -0.496 e. The lowest BCUT2D eigenvalue weighted by Crippen LogP contribution is -2.49. The van der Waals surface area contributed by atoms with Crippen LogP contribution in [-0.2, 0) is 9.98 Å². The van der Waals surface area contributed by atoms with Crippen molar-refractivity contribution in [3.63, 3.8) is 0 Å². The van der Waals surface area contributed by atoms with E-state index in [0.29, 0.717) is 22.3 Å². The fourth-order valence-corrected chi connectivity index (χ4v) is 9.92. The third-order valence-corrected chi connectivity index (χ3v) is 12.5. The summed E-state index contributed by atoms with van der Waals surface area (Å²) >= 11 is 0. The first-order chi connectivity index (χ1) is 25.8. The molecule has 5 aromatic carbocycles. The first-order valence-electron chi connectivity index (χ1n) is 17.2. The van der Waals surface area contributed by atoms with Crippen LogP contribution < -0.4 is 18.9 Å². The summed E-state index contributed by atoms with van der Waals surface area (Å²) in [5.41, 5.74) is -2.50. The number of methoxy groups -OCH3 is 4. The predicted molar refractivity (Wildman–Crippen MR) is 209 cm³/mol. The van der Waals surface area contributed by atoms with Crippen LogP contribution in [0.15, 0.2) is 103 Å². The molecule has 0 aromatic heterocycles. The van der Waals surface area contributed by atoms with Gasteiger partial charge in [0.25, 0.3) is 0 Å². The topological polar surface area (TPSA) is 122 Å². The van der Waals surface area contributed by atoms with Gasteiger partial charge in [-0.05, 0) is 79.8 Å². The van der Waals surface area contributed by atoms with Crippen LogP contribution >= 0.6 is 7.14 Å². The number of carbonyl (C=O) groups is 4. The Hall–Kier alpha value is -5.79. The molecule has 0 aliphatic heterocycles. The van der Waals surface area contributed by atoms with Crippen molar-refractivity contribution >= 4 is 29.8 Å². The van der Waals surface area contributed by atoms with Crippen molar-refractivity contribution in [2.75, 3.05) is 34.6 Å². The number of benzene rings is 5. The quantitative estimate of drug-likeness (QED) is 0.0587. The van der Waals surface area contributed by atoms with Crippen LogP contribution in [-0.4, -0.2) is 57.2 Å². The second kappa shape index (κ2) is 16.1. The van der Waals surface area contributed by atoms with E-state index in [-0.39, 0.29) is 50.8 Å². The van der Waals surface area contributed by atoms with Gasteiger partial charge in [0.15, 0.2) is 11.6 Å². The molecule has 0 saturated carbocycles. The fourth-order valence-electron chi connectivity index (χ4n) is 7.15. The Kier molecular flexibility index (Phi) is 11.7. The number of rotatable bonds is 15. The average molecular weight is 747 g/mol. The minimum atomic E-state index is -5.24. The molecular formula is C44H43O9P. The summed E-state index contributed by atoms with van der Waals surface area (Å²) in [7, 11) is 0.0555. The number of hydrogen-bond donors (Lipinski definition) is 0. The molecule has 0 bridgehead atoms. The summed E-state index contributed by atoms with van der Waals surface area (Å²) in [5.74, 6) is -1.51. The molecule has 0 amide bonds. The lowest BCUT2D eigenvalue weighted by Gasteiger charge is -2.36. The highest BCUT2D eigenvalue weighted by molar-refractivity contribution is 7.95. The van der Waals surface area contributed by atoms with Gasteiger partial charge >= 0.3 is 0 Å². The van der Waals surface area contributed by atoms with Crippen LogP contribution in [0.2, 0.25) is 0 Å². The summed E-state index contributed by atoms with van der Waals surface area (Å²) in [6.45, 7) is 6.98. The van der Waals surface area contributed by atoms with E-state index in [1.165, 1.54) is 52.7 Å². The number of carbonyl (C=O) groups excluding carboxylic acids is 4. The third-order valence-electron chi connectivity index (χ3n) is 9.86. The second-order valence-electron chi connectivity index (χ2n) is 13.0. The van der Waals surface area contributed by atoms with E-state index in [2.05, 4.69) is 0 Å². The molecule has 10 heteroatoms. The molecule has 9 nitrogen and oxygen atoms in total. The average Bonchev–Trinajstić information content (AvgIpc) is 3.18. The zero-order valence-electron chi connectivity index (χ0n) is 31.6. The highest BCUT2D eigenvalue weighted by Gasteiger charge is 2.58. The zero-order valence-corrected chi connectivity index (χ0v) is 32.5. The van der Waals surface area contributed by atoms with Crippen LogP contribution in [0.4, 0.5) is 0 Å². The van der Waals surface area contributed by atoms with Gasteiger partial charge in [0, 0.05) is 17.3 Å². The molecule has 0 atom stereocenters. The molecule has 0 N–H and O–H groups in total. The van der Waals surface area contributed by atoms with Gasteiger partial charge in [0.2, 0.25) is 18.2 Å². The number of aryl methyl sites for hydroxylation is 4. The van der Waals surface area contributed by atoms with Gasteiger partial charge in [-0.3, -0.25) is 19.2 Å². The van der Waals surface area contributed by atoms with E-state index in [9.17, 15) is 0 Å². The van der Waals surface area contributed by atoms with E-state index in [4.69, 9.17) is 18.9 Å². The highest BCUT2D eigenvalue weighted by atomic mass is 31.2. The summed E-state index contributed by atoms with van der Waals surface area (Å²) in [6, 6.07) is 27.8. The lowest BCUT2D eigenvalue weighted by molar-refractivity contribution is 0.0779. The Morgan fingerprint density at radius 3 is 1.09 bits per heavy atom. The van der Waals surface area contributed by atoms with Crippen LogP contribution in [0.5, 0.6) is 23.0 Å². The molecule has 0 saturated heterocycles. The van der Waals surface area contributed by atoms with Crippen molar-refractivity contribution in [1.82, 2.24) is 0 Å². The smallest absolute Gasteiger partial charge is 0.236 e.